The van der Waals surface area contributed by atoms with Crippen molar-refractivity contribution in [3.63, 3.8) is 0 Å². The van der Waals surface area contributed by atoms with Gasteiger partial charge in [-0.25, -0.2) is 0 Å². The normalized spacial score (nSPS) is 15.4. The molecule has 0 aliphatic heterocycles. The predicted octanol–water partition coefficient (Wildman–Crippen LogP) is 2.86. The maximum Gasteiger partial charge on any atom is 0.137 e. The van der Waals surface area contributed by atoms with Crippen LogP contribution in [0, 0.1) is 0 Å². The van der Waals surface area contributed by atoms with Gasteiger partial charge in [0, 0.05) is 6.61 Å². The molecule has 0 amide bonds. The molecule has 0 fully saturated rings. The van der Waals surface area contributed by atoms with E-state index in [1.54, 1.807) is 6.26 Å². The van der Waals surface area contributed by atoms with Gasteiger partial charge in [0.1, 0.15) is 5.76 Å². The van der Waals surface area contributed by atoms with Crippen molar-refractivity contribution in [2.45, 2.75) is 32.4 Å². The second-order valence-electron chi connectivity index (χ2n) is 3.06. The van der Waals surface area contributed by atoms with Gasteiger partial charge in [-0.1, -0.05) is 6.92 Å². The average molecular weight is 262 g/mol. The van der Waals surface area contributed by atoms with Crippen LogP contribution in [-0.4, -0.2) is 12.7 Å². The van der Waals surface area contributed by atoms with Crippen LogP contribution in [0.25, 0.3) is 0 Å². The second-order valence-corrected chi connectivity index (χ2v) is 3.91. The van der Waals surface area contributed by atoms with Gasteiger partial charge in [0.25, 0.3) is 0 Å². The molecule has 3 nitrogen and oxygen atoms in total. The zero-order valence-electron chi connectivity index (χ0n) is 8.50. The zero-order valence-corrected chi connectivity index (χ0v) is 10.1. The number of halogens is 1. The first-order chi connectivity index (χ1) is 6.70. The summed E-state index contributed by atoms with van der Waals surface area (Å²) in [6, 6.07) is 1.64. The standard InChI is InChI=1S/C10H16BrNO2/c1-3-8(13-4-2)9(12)10-7(11)5-6-14-10/h5-6,8-9H,3-4,12H2,1-2H3. The van der Waals surface area contributed by atoms with Crippen LogP contribution in [0.2, 0.25) is 0 Å². The van der Waals surface area contributed by atoms with Crippen molar-refractivity contribution in [1.82, 2.24) is 0 Å². The maximum absolute atomic E-state index is 6.03. The molecule has 0 saturated carbocycles. The summed E-state index contributed by atoms with van der Waals surface area (Å²) in [5.41, 5.74) is 6.03. The minimum absolute atomic E-state index is 0.0162. The number of nitrogens with two attached hydrogens (primary N) is 1. The van der Waals surface area contributed by atoms with Crippen LogP contribution in [0.5, 0.6) is 0 Å². The Labute approximate surface area is 92.7 Å². The van der Waals surface area contributed by atoms with Gasteiger partial charge in [-0.05, 0) is 35.3 Å². The van der Waals surface area contributed by atoms with Crippen LogP contribution in [0.4, 0.5) is 0 Å². The molecule has 1 aromatic rings. The second kappa shape index (κ2) is 5.53. The summed E-state index contributed by atoms with van der Waals surface area (Å²) in [7, 11) is 0. The average Bonchev–Trinajstić information content (AvgIpc) is 2.59. The molecule has 0 spiro atoms. The van der Waals surface area contributed by atoms with E-state index in [1.165, 1.54) is 0 Å². The Kier molecular flexibility index (Phi) is 4.65. The fraction of sp³-hybridized carbons (Fsp3) is 0.600. The lowest BCUT2D eigenvalue weighted by molar-refractivity contribution is 0.0362. The molecule has 1 rings (SSSR count). The SMILES string of the molecule is CCOC(CC)C(N)c1occc1Br. The Balaban J connectivity index is 2.72. The predicted molar refractivity (Wildman–Crippen MR) is 59.0 cm³/mol. The number of furan rings is 1. The maximum atomic E-state index is 6.03. The lowest BCUT2D eigenvalue weighted by Crippen LogP contribution is -2.28. The summed E-state index contributed by atoms with van der Waals surface area (Å²) in [5.74, 6) is 0.755. The van der Waals surface area contributed by atoms with Gasteiger partial charge in [0.15, 0.2) is 0 Å². The van der Waals surface area contributed by atoms with Gasteiger partial charge < -0.3 is 14.9 Å². The molecule has 1 aromatic heterocycles. The number of hydrogen-bond acceptors (Lipinski definition) is 3. The smallest absolute Gasteiger partial charge is 0.137 e. The summed E-state index contributed by atoms with van der Waals surface area (Å²) < 4.78 is 11.7. The topological polar surface area (TPSA) is 48.4 Å². The van der Waals surface area contributed by atoms with Crippen molar-refractivity contribution in [1.29, 1.82) is 0 Å². The highest BCUT2D eigenvalue weighted by atomic mass is 79.9. The first-order valence-corrected chi connectivity index (χ1v) is 5.60. The highest BCUT2D eigenvalue weighted by molar-refractivity contribution is 9.10. The van der Waals surface area contributed by atoms with Crippen LogP contribution >= 0.6 is 15.9 Å². The van der Waals surface area contributed by atoms with Gasteiger partial charge >= 0.3 is 0 Å². The van der Waals surface area contributed by atoms with E-state index in [1.807, 2.05) is 13.0 Å². The van der Waals surface area contributed by atoms with Crippen LogP contribution in [-0.2, 0) is 4.74 Å². The minimum atomic E-state index is -0.204. The highest BCUT2D eigenvalue weighted by Crippen LogP contribution is 2.27. The summed E-state index contributed by atoms with van der Waals surface area (Å²) >= 11 is 3.39. The first-order valence-electron chi connectivity index (χ1n) is 4.80. The third kappa shape index (κ3) is 2.59. The quantitative estimate of drug-likeness (QED) is 0.887. The summed E-state index contributed by atoms with van der Waals surface area (Å²) in [5, 5.41) is 0. The van der Waals surface area contributed by atoms with Crippen molar-refractivity contribution in [2.24, 2.45) is 5.73 Å². The Bertz CT molecular complexity index is 275. The summed E-state index contributed by atoms with van der Waals surface area (Å²) in [4.78, 5) is 0. The molecule has 0 aliphatic rings. The molecular weight excluding hydrogens is 246 g/mol. The molecule has 1 heterocycles. The Morgan fingerprint density at radius 1 is 1.57 bits per heavy atom. The fourth-order valence-electron chi connectivity index (χ4n) is 1.40. The molecule has 0 saturated heterocycles. The van der Waals surface area contributed by atoms with Crippen molar-refractivity contribution in [2.75, 3.05) is 6.61 Å². The van der Waals surface area contributed by atoms with E-state index < -0.39 is 0 Å². The molecule has 0 aliphatic carbocycles. The van der Waals surface area contributed by atoms with Crippen LogP contribution in [0.1, 0.15) is 32.1 Å². The van der Waals surface area contributed by atoms with Gasteiger partial charge in [-0.15, -0.1) is 0 Å². The molecule has 4 heteroatoms. The Hall–Kier alpha value is -0.320. The molecule has 14 heavy (non-hydrogen) atoms. The molecule has 0 radical (unpaired) electrons. The minimum Gasteiger partial charge on any atom is -0.466 e. The van der Waals surface area contributed by atoms with Crippen molar-refractivity contribution in [3.05, 3.63) is 22.6 Å². The fourth-order valence-corrected chi connectivity index (χ4v) is 1.87. The number of ether oxygens (including phenoxy) is 1. The Morgan fingerprint density at radius 3 is 2.71 bits per heavy atom. The highest BCUT2D eigenvalue weighted by Gasteiger charge is 2.22. The van der Waals surface area contributed by atoms with E-state index in [2.05, 4.69) is 22.9 Å². The van der Waals surface area contributed by atoms with Gasteiger partial charge in [-0.3, -0.25) is 0 Å². The van der Waals surface area contributed by atoms with Gasteiger partial charge in [-0.2, -0.15) is 0 Å². The zero-order chi connectivity index (χ0) is 10.6. The number of rotatable bonds is 5. The molecule has 2 atom stereocenters. The van der Waals surface area contributed by atoms with Gasteiger partial charge in [0.2, 0.25) is 0 Å². The van der Waals surface area contributed by atoms with E-state index in [4.69, 9.17) is 14.9 Å². The van der Waals surface area contributed by atoms with Crippen LogP contribution in [0.3, 0.4) is 0 Å². The molecular formula is C10H16BrNO2. The lowest BCUT2D eigenvalue weighted by atomic mass is 10.1. The van der Waals surface area contributed by atoms with Gasteiger partial charge in [0.05, 0.1) is 22.9 Å². The molecule has 80 valence electrons. The van der Waals surface area contributed by atoms with Crippen LogP contribution < -0.4 is 5.73 Å². The lowest BCUT2D eigenvalue weighted by Gasteiger charge is -2.20. The third-order valence-electron chi connectivity index (χ3n) is 2.13. The van der Waals surface area contributed by atoms with E-state index in [0.29, 0.717) is 6.61 Å². The monoisotopic (exact) mass is 261 g/mol. The largest absolute Gasteiger partial charge is 0.466 e. The van der Waals surface area contributed by atoms with E-state index in [0.717, 1.165) is 16.7 Å². The first kappa shape index (κ1) is 11.8. The van der Waals surface area contributed by atoms with Crippen molar-refractivity contribution < 1.29 is 9.15 Å². The molecule has 2 unspecified atom stereocenters. The van der Waals surface area contributed by atoms with E-state index >= 15 is 0 Å². The summed E-state index contributed by atoms with van der Waals surface area (Å²) in [6.45, 7) is 4.69. The van der Waals surface area contributed by atoms with E-state index in [9.17, 15) is 0 Å². The third-order valence-corrected chi connectivity index (χ3v) is 2.79. The molecule has 0 aromatic carbocycles. The van der Waals surface area contributed by atoms with Crippen molar-refractivity contribution in [3.8, 4) is 0 Å². The Morgan fingerprint density at radius 2 is 2.29 bits per heavy atom. The summed E-state index contributed by atoms with van der Waals surface area (Å²) in [6.07, 6.45) is 2.52. The molecule has 0 bridgehead atoms. The van der Waals surface area contributed by atoms with Crippen molar-refractivity contribution >= 4 is 15.9 Å². The van der Waals surface area contributed by atoms with E-state index in [-0.39, 0.29) is 12.1 Å². The molecule has 2 N–H and O–H groups in total. The number of hydrogen-bond donors (Lipinski definition) is 1. The van der Waals surface area contributed by atoms with Crippen LogP contribution in [0.15, 0.2) is 21.2 Å².